The Morgan fingerprint density at radius 1 is 1.21 bits per heavy atom. The summed E-state index contributed by atoms with van der Waals surface area (Å²) in [6, 6.07) is 5.03. The van der Waals surface area contributed by atoms with Gasteiger partial charge < -0.3 is 5.11 Å². The molecular weight excluding hydrogens is 241 g/mol. The summed E-state index contributed by atoms with van der Waals surface area (Å²) in [5.41, 5.74) is 1.31. The fourth-order valence-electron chi connectivity index (χ4n) is 2.04. The highest BCUT2D eigenvalue weighted by atomic mass is 19.1. The molecule has 104 valence electrons. The molecule has 1 aromatic carbocycles. The molecule has 0 saturated heterocycles. The lowest BCUT2D eigenvalue weighted by Crippen LogP contribution is -2.25. The molecule has 0 heterocycles. The summed E-state index contributed by atoms with van der Waals surface area (Å²) in [7, 11) is 0. The number of rotatable bonds is 6. The van der Waals surface area contributed by atoms with Crippen molar-refractivity contribution >= 4 is 0 Å². The van der Waals surface area contributed by atoms with E-state index < -0.39 is 0 Å². The first kappa shape index (κ1) is 15.7. The summed E-state index contributed by atoms with van der Waals surface area (Å²) in [4.78, 5) is 2.26. The van der Waals surface area contributed by atoms with Crippen LogP contribution in [0.1, 0.15) is 37.8 Å². The molecule has 2 nitrogen and oxygen atoms in total. The summed E-state index contributed by atoms with van der Waals surface area (Å²) in [5.74, 6) is 5.01. The Hall–Kier alpha value is -1.37. The zero-order valence-electron chi connectivity index (χ0n) is 11.7. The molecule has 0 amide bonds. The number of halogens is 1. The SMILES string of the molecule is CCCN(CCC)Cc1ccc(C#CCO)cc1F. The van der Waals surface area contributed by atoms with Crippen molar-refractivity contribution in [2.75, 3.05) is 19.7 Å². The van der Waals surface area contributed by atoms with Crippen molar-refractivity contribution in [3.05, 3.63) is 35.1 Å². The van der Waals surface area contributed by atoms with Crippen molar-refractivity contribution < 1.29 is 9.50 Å². The highest BCUT2D eigenvalue weighted by Crippen LogP contribution is 2.13. The zero-order chi connectivity index (χ0) is 14.1. The van der Waals surface area contributed by atoms with Crippen molar-refractivity contribution in [3.63, 3.8) is 0 Å². The van der Waals surface area contributed by atoms with Gasteiger partial charge in [0.25, 0.3) is 0 Å². The lowest BCUT2D eigenvalue weighted by atomic mass is 10.1. The molecular formula is C16H22FNO. The molecule has 0 spiro atoms. The highest BCUT2D eigenvalue weighted by molar-refractivity contribution is 5.37. The number of aliphatic hydroxyl groups excluding tert-OH is 1. The molecule has 1 aromatic rings. The monoisotopic (exact) mass is 263 g/mol. The maximum absolute atomic E-state index is 14.0. The van der Waals surface area contributed by atoms with Crippen LogP contribution in [0.15, 0.2) is 18.2 Å². The predicted molar refractivity (Wildman–Crippen MR) is 76.2 cm³/mol. The normalized spacial score (nSPS) is 10.4. The summed E-state index contributed by atoms with van der Waals surface area (Å²) in [6.07, 6.45) is 2.14. The Morgan fingerprint density at radius 2 is 1.89 bits per heavy atom. The number of aliphatic hydroxyl groups is 1. The zero-order valence-corrected chi connectivity index (χ0v) is 11.7. The first-order valence-corrected chi connectivity index (χ1v) is 6.81. The van der Waals surface area contributed by atoms with Crippen LogP contribution in [-0.2, 0) is 6.54 Å². The van der Waals surface area contributed by atoms with Gasteiger partial charge >= 0.3 is 0 Å². The fourth-order valence-corrected chi connectivity index (χ4v) is 2.04. The fraction of sp³-hybridized carbons (Fsp3) is 0.500. The minimum atomic E-state index is -0.220. The predicted octanol–water partition coefficient (Wildman–Crippen LogP) is 2.79. The third-order valence-corrected chi connectivity index (χ3v) is 2.84. The van der Waals surface area contributed by atoms with Crippen LogP contribution in [0.3, 0.4) is 0 Å². The molecule has 0 radical (unpaired) electrons. The second-order valence-electron chi connectivity index (χ2n) is 4.54. The number of hydrogen-bond acceptors (Lipinski definition) is 2. The van der Waals surface area contributed by atoms with Crippen LogP contribution >= 0.6 is 0 Å². The number of benzene rings is 1. The van der Waals surface area contributed by atoms with Gasteiger partial charge in [-0.2, -0.15) is 0 Å². The molecule has 0 fully saturated rings. The van der Waals surface area contributed by atoms with Gasteiger partial charge in [-0.3, -0.25) is 4.90 Å². The van der Waals surface area contributed by atoms with E-state index in [1.807, 2.05) is 0 Å². The van der Waals surface area contributed by atoms with Crippen molar-refractivity contribution in [2.45, 2.75) is 33.2 Å². The Balaban J connectivity index is 2.77. The van der Waals surface area contributed by atoms with Crippen molar-refractivity contribution in [1.82, 2.24) is 4.90 Å². The molecule has 19 heavy (non-hydrogen) atoms. The van der Waals surface area contributed by atoms with E-state index in [1.165, 1.54) is 6.07 Å². The third-order valence-electron chi connectivity index (χ3n) is 2.84. The van der Waals surface area contributed by atoms with Gasteiger partial charge in [0, 0.05) is 17.7 Å². The molecule has 0 aliphatic heterocycles. The second-order valence-corrected chi connectivity index (χ2v) is 4.54. The second kappa shape index (κ2) is 8.68. The molecule has 0 bridgehead atoms. The van der Waals surface area contributed by atoms with Crippen LogP contribution in [-0.4, -0.2) is 29.7 Å². The molecule has 0 atom stereocenters. The van der Waals surface area contributed by atoms with Gasteiger partial charge in [-0.25, -0.2) is 4.39 Å². The van der Waals surface area contributed by atoms with E-state index in [4.69, 9.17) is 5.11 Å². The molecule has 1 N–H and O–H groups in total. The van der Waals surface area contributed by atoms with Gasteiger partial charge in [0.2, 0.25) is 0 Å². The smallest absolute Gasteiger partial charge is 0.128 e. The minimum absolute atomic E-state index is 0.204. The maximum atomic E-state index is 14.0. The van der Waals surface area contributed by atoms with Gasteiger partial charge in [0.15, 0.2) is 0 Å². The van der Waals surface area contributed by atoms with E-state index in [1.54, 1.807) is 12.1 Å². The van der Waals surface area contributed by atoms with Crippen LogP contribution < -0.4 is 0 Å². The van der Waals surface area contributed by atoms with Crippen LogP contribution in [0.4, 0.5) is 4.39 Å². The molecule has 0 aliphatic rings. The average molecular weight is 263 g/mol. The molecule has 0 aromatic heterocycles. The Labute approximate surface area is 115 Å². The Kier molecular flexibility index (Phi) is 7.17. The Bertz CT molecular complexity index is 442. The van der Waals surface area contributed by atoms with E-state index >= 15 is 0 Å². The molecule has 0 saturated carbocycles. The van der Waals surface area contributed by atoms with Gasteiger partial charge in [-0.1, -0.05) is 31.8 Å². The van der Waals surface area contributed by atoms with E-state index in [-0.39, 0.29) is 12.4 Å². The lowest BCUT2D eigenvalue weighted by molar-refractivity contribution is 0.263. The summed E-state index contributed by atoms with van der Waals surface area (Å²) in [5, 5.41) is 8.61. The summed E-state index contributed by atoms with van der Waals surface area (Å²) in [6.45, 7) is 6.67. The van der Waals surface area contributed by atoms with Gasteiger partial charge in [0.1, 0.15) is 12.4 Å². The molecule has 1 rings (SSSR count). The molecule has 0 unspecified atom stereocenters. The number of nitrogens with zero attached hydrogens (tertiary/aromatic N) is 1. The summed E-state index contributed by atoms with van der Waals surface area (Å²) >= 11 is 0. The lowest BCUT2D eigenvalue weighted by Gasteiger charge is -2.21. The summed E-state index contributed by atoms with van der Waals surface area (Å²) < 4.78 is 14.0. The highest BCUT2D eigenvalue weighted by Gasteiger charge is 2.08. The maximum Gasteiger partial charge on any atom is 0.128 e. The van der Waals surface area contributed by atoms with Crippen LogP contribution in [0.5, 0.6) is 0 Å². The van der Waals surface area contributed by atoms with Gasteiger partial charge in [-0.15, -0.1) is 0 Å². The first-order chi connectivity index (χ1) is 9.21. The van der Waals surface area contributed by atoms with E-state index in [0.717, 1.165) is 25.9 Å². The quantitative estimate of drug-likeness (QED) is 0.798. The third kappa shape index (κ3) is 5.42. The van der Waals surface area contributed by atoms with Crippen LogP contribution in [0.25, 0.3) is 0 Å². The minimum Gasteiger partial charge on any atom is -0.384 e. The average Bonchev–Trinajstić information content (AvgIpc) is 2.39. The van der Waals surface area contributed by atoms with Crippen LogP contribution in [0, 0.1) is 17.7 Å². The van der Waals surface area contributed by atoms with Gasteiger partial charge in [-0.05, 0) is 38.1 Å². The topological polar surface area (TPSA) is 23.5 Å². The molecule has 3 heteroatoms. The first-order valence-electron chi connectivity index (χ1n) is 6.81. The molecule has 0 aliphatic carbocycles. The van der Waals surface area contributed by atoms with E-state index in [2.05, 4.69) is 30.6 Å². The Morgan fingerprint density at radius 3 is 2.42 bits per heavy atom. The standard InChI is InChI=1S/C16H22FNO/c1-3-9-18(10-4-2)13-15-8-7-14(6-5-11-19)12-16(15)17/h7-8,12,19H,3-4,9-11,13H2,1-2H3. The van der Waals surface area contributed by atoms with E-state index in [0.29, 0.717) is 17.7 Å². The van der Waals surface area contributed by atoms with Crippen molar-refractivity contribution in [3.8, 4) is 11.8 Å². The van der Waals surface area contributed by atoms with Crippen molar-refractivity contribution in [1.29, 1.82) is 0 Å². The van der Waals surface area contributed by atoms with Gasteiger partial charge in [0.05, 0.1) is 0 Å². The van der Waals surface area contributed by atoms with Crippen molar-refractivity contribution in [2.24, 2.45) is 0 Å². The van der Waals surface area contributed by atoms with Crippen LogP contribution in [0.2, 0.25) is 0 Å². The largest absolute Gasteiger partial charge is 0.384 e. The van der Waals surface area contributed by atoms with E-state index in [9.17, 15) is 4.39 Å². The number of hydrogen-bond donors (Lipinski definition) is 1.